The predicted molar refractivity (Wildman–Crippen MR) is 73.2 cm³/mol. The minimum atomic E-state index is -0.705. The molecule has 0 bridgehead atoms. The van der Waals surface area contributed by atoms with E-state index in [-0.39, 0.29) is 23.1 Å². The van der Waals surface area contributed by atoms with E-state index in [1.165, 1.54) is 0 Å². The summed E-state index contributed by atoms with van der Waals surface area (Å²) in [5.74, 6) is -1.73. The van der Waals surface area contributed by atoms with Crippen molar-refractivity contribution in [2.75, 3.05) is 31.6 Å². The maximum absolute atomic E-state index is 14.1. The highest BCUT2D eigenvalue weighted by Gasteiger charge is 2.25. The first-order chi connectivity index (χ1) is 9.43. The molecular formula is C13H18F2N4O. The lowest BCUT2D eigenvalue weighted by Crippen LogP contribution is -2.50. The molecule has 0 aliphatic carbocycles. The van der Waals surface area contributed by atoms with Crippen LogP contribution in [0.25, 0.3) is 0 Å². The third-order valence-electron chi connectivity index (χ3n) is 3.70. The summed E-state index contributed by atoms with van der Waals surface area (Å²) in [7, 11) is 1.98. The number of halogens is 2. The molecule has 1 saturated heterocycles. The van der Waals surface area contributed by atoms with Gasteiger partial charge in [-0.1, -0.05) is 5.16 Å². The van der Waals surface area contributed by atoms with E-state index < -0.39 is 11.6 Å². The Hall–Kier alpha value is -1.89. The van der Waals surface area contributed by atoms with Crippen LogP contribution in [0.15, 0.2) is 17.3 Å². The fraction of sp³-hybridized carbons (Fsp3) is 0.462. The average Bonchev–Trinajstić information content (AvgIpc) is 2.41. The fourth-order valence-electron chi connectivity index (χ4n) is 2.32. The second-order valence-electron chi connectivity index (χ2n) is 5.05. The van der Waals surface area contributed by atoms with Crippen molar-refractivity contribution in [1.82, 2.24) is 4.90 Å². The molecule has 1 aliphatic heterocycles. The van der Waals surface area contributed by atoms with E-state index in [0.717, 1.165) is 18.7 Å². The molecule has 20 heavy (non-hydrogen) atoms. The standard InChI is InChI=1S/C13H18F2N4O/c1-8-7-19(4-3-18(8)2)12-10(14)5-9(6-11(12)15)13(16)17-20/h5-6,8,20H,3-4,7H2,1-2H3,(H2,16,17). The van der Waals surface area contributed by atoms with Crippen LogP contribution in [0, 0.1) is 11.6 Å². The largest absolute Gasteiger partial charge is 0.409 e. The van der Waals surface area contributed by atoms with Gasteiger partial charge in [-0.05, 0) is 26.1 Å². The number of nitrogens with zero attached hydrogens (tertiary/aromatic N) is 3. The van der Waals surface area contributed by atoms with E-state index in [2.05, 4.69) is 10.1 Å². The number of hydrogen-bond acceptors (Lipinski definition) is 4. The molecule has 1 fully saturated rings. The van der Waals surface area contributed by atoms with Gasteiger partial charge in [-0.15, -0.1) is 0 Å². The van der Waals surface area contributed by atoms with Gasteiger partial charge in [0.05, 0.1) is 0 Å². The summed E-state index contributed by atoms with van der Waals surface area (Å²) in [4.78, 5) is 3.82. The summed E-state index contributed by atoms with van der Waals surface area (Å²) in [6, 6.07) is 2.37. The number of rotatable bonds is 2. The zero-order valence-electron chi connectivity index (χ0n) is 11.5. The fourth-order valence-corrected chi connectivity index (χ4v) is 2.32. The van der Waals surface area contributed by atoms with E-state index in [1.807, 2.05) is 14.0 Å². The molecule has 1 aromatic carbocycles. The van der Waals surface area contributed by atoms with Gasteiger partial charge >= 0.3 is 0 Å². The first-order valence-corrected chi connectivity index (χ1v) is 6.36. The Morgan fingerprint density at radius 3 is 2.45 bits per heavy atom. The average molecular weight is 284 g/mol. The Morgan fingerprint density at radius 2 is 1.95 bits per heavy atom. The van der Waals surface area contributed by atoms with Crippen LogP contribution in [-0.4, -0.2) is 48.7 Å². The number of oxime groups is 1. The molecule has 3 N–H and O–H groups in total. The summed E-state index contributed by atoms with van der Waals surface area (Å²) in [5, 5.41) is 11.3. The van der Waals surface area contributed by atoms with Crippen LogP contribution in [0.3, 0.4) is 0 Å². The van der Waals surface area contributed by atoms with E-state index in [9.17, 15) is 8.78 Å². The summed E-state index contributed by atoms with van der Waals surface area (Å²) >= 11 is 0. The van der Waals surface area contributed by atoms with Crippen LogP contribution in [0.2, 0.25) is 0 Å². The van der Waals surface area contributed by atoms with Gasteiger partial charge in [0.15, 0.2) is 5.84 Å². The molecule has 0 saturated carbocycles. The molecule has 5 nitrogen and oxygen atoms in total. The lowest BCUT2D eigenvalue weighted by Gasteiger charge is -2.39. The SMILES string of the molecule is CC1CN(c2c(F)cc(C(N)=NO)cc2F)CCN1C. The Bertz CT molecular complexity index is 512. The Balaban J connectivity index is 2.34. The van der Waals surface area contributed by atoms with Gasteiger partial charge in [0.1, 0.15) is 17.3 Å². The van der Waals surface area contributed by atoms with Gasteiger partial charge in [-0.3, -0.25) is 0 Å². The van der Waals surface area contributed by atoms with Gasteiger partial charge in [0.2, 0.25) is 0 Å². The normalized spacial score (nSPS) is 21.3. The lowest BCUT2D eigenvalue weighted by molar-refractivity contribution is 0.232. The number of hydrogen-bond donors (Lipinski definition) is 2. The van der Waals surface area contributed by atoms with Crippen molar-refractivity contribution >= 4 is 11.5 Å². The molecule has 7 heteroatoms. The number of benzene rings is 1. The van der Waals surface area contributed by atoms with Gasteiger partial charge < -0.3 is 20.7 Å². The molecule has 110 valence electrons. The Kier molecular flexibility index (Phi) is 4.08. The summed E-state index contributed by atoms with van der Waals surface area (Å²) < 4.78 is 28.3. The molecule has 1 atom stereocenters. The van der Waals surface area contributed by atoms with E-state index in [0.29, 0.717) is 13.1 Å². The molecule has 2 rings (SSSR count). The maximum Gasteiger partial charge on any atom is 0.170 e. The molecule has 0 aromatic heterocycles. The minimum Gasteiger partial charge on any atom is -0.409 e. The van der Waals surface area contributed by atoms with Crippen molar-refractivity contribution in [1.29, 1.82) is 0 Å². The van der Waals surface area contributed by atoms with Crippen molar-refractivity contribution in [2.45, 2.75) is 13.0 Å². The van der Waals surface area contributed by atoms with Crippen LogP contribution in [0.5, 0.6) is 0 Å². The predicted octanol–water partition coefficient (Wildman–Crippen LogP) is 1.20. The summed E-state index contributed by atoms with van der Waals surface area (Å²) in [5.41, 5.74) is 5.31. The molecular weight excluding hydrogens is 266 g/mol. The molecule has 0 amide bonds. The van der Waals surface area contributed by atoms with Gasteiger partial charge in [-0.25, -0.2) is 8.78 Å². The first kappa shape index (κ1) is 14.5. The van der Waals surface area contributed by atoms with E-state index in [4.69, 9.17) is 10.9 Å². The van der Waals surface area contributed by atoms with E-state index >= 15 is 0 Å². The number of piperazine rings is 1. The van der Waals surface area contributed by atoms with Gasteiger partial charge in [-0.2, -0.15) is 0 Å². The van der Waals surface area contributed by atoms with Crippen LogP contribution in [-0.2, 0) is 0 Å². The Labute approximate surface area is 116 Å². The second-order valence-corrected chi connectivity index (χ2v) is 5.05. The van der Waals surface area contributed by atoms with Crippen molar-refractivity contribution in [3.05, 3.63) is 29.3 Å². The smallest absolute Gasteiger partial charge is 0.170 e. The van der Waals surface area contributed by atoms with Crippen LogP contribution < -0.4 is 10.6 Å². The van der Waals surface area contributed by atoms with Gasteiger partial charge in [0, 0.05) is 31.2 Å². The number of anilines is 1. The number of amidine groups is 1. The third kappa shape index (κ3) is 2.67. The van der Waals surface area contributed by atoms with E-state index in [1.54, 1.807) is 4.90 Å². The van der Waals surface area contributed by atoms with Crippen molar-refractivity contribution in [3.8, 4) is 0 Å². The number of nitrogens with two attached hydrogens (primary N) is 1. The highest BCUT2D eigenvalue weighted by atomic mass is 19.1. The Morgan fingerprint density at radius 1 is 1.35 bits per heavy atom. The topological polar surface area (TPSA) is 65.1 Å². The monoisotopic (exact) mass is 284 g/mol. The minimum absolute atomic E-state index is 0.0217. The van der Waals surface area contributed by atoms with Crippen LogP contribution in [0.4, 0.5) is 14.5 Å². The highest BCUT2D eigenvalue weighted by Crippen LogP contribution is 2.27. The lowest BCUT2D eigenvalue weighted by atomic mass is 10.1. The molecule has 1 aromatic rings. The third-order valence-corrected chi connectivity index (χ3v) is 3.70. The molecule has 0 spiro atoms. The quantitative estimate of drug-likeness (QED) is 0.371. The van der Waals surface area contributed by atoms with Crippen molar-refractivity contribution in [2.24, 2.45) is 10.9 Å². The zero-order valence-corrected chi connectivity index (χ0v) is 11.5. The maximum atomic E-state index is 14.1. The number of likely N-dealkylation sites (N-methyl/N-ethyl adjacent to an activating group) is 1. The second kappa shape index (κ2) is 5.62. The highest BCUT2D eigenvalue weighted by molar-refractivity contribution is 5.97. The molecule has 1 unspecified atom stereocenters. The van der Waals surface area contributed by atoms with Crippen LogP contribution >= 0.6 is 0 Å². The summed E-state index contributed by atoms with van der Waals surface area (Å²) in [6.45, 7) is 3.85. The molecule has 0 radical (unpaired) electrons. The molecule has 1 heterocycles. The van der Waals surface area contributed by atoms with Gasteiger partial charge in [0.25, 0.3) is 0 Å². The van der Waals surface area contributed by atoms with Crippen molar-refractivity contribution in [3.63, 3.8) is 0 Å². The molecule has 1 aliphatic rings. The first-order valence-electron chi connectivity index (χ1n) is 6.36. The zero-order chi connectivity index (χ0) is 14.9. The van der Waals surface area contributed by atoms with Crippen LogP contribution in [0.1, 0.15) is 12.5 Å². The van der Waals surface area contributed by atoms with Crippen molar-refractivity contribution < 1.29 is 14.0 Å². The summed E-state index contributed by atoms with van der Waals surface area (Å²) in [6.07, 6.45) is 0.